The summed E-state index contributed by atoms with van der Waals surface area (Å²) in [5, 5.41) is 12.3. The number of aryl methyl sites for hydroxylation is 1. The van der Waals surface area contributed by atoms with Crippen molar-refractivity contribution >= 4 is 40.9 Å². The predicted octanol–water partition coefficient (Wildman–Crippen LogP) is 3.28. The van der Waals surface area contributed by atoms with E-state index in [4.69, 9.17) is 16.7 Å². The fourth-order valence-corrected chi connectivity index (χ4v) is 3.04. The fourth-order valence-electron chi connectivity index (χ4n) is 1.90. The minimum absolute atomic E-state index is 0.0470. The Morgan fingerprint density at radius 2 is 2.22 bits per heavy atom. The maximum atomic E-state index is 12.4. The zero-order valence-electron chi connectivity index (χ0n) is 12.6. The van der Waals surface area contributed by atoms with Gasteiger partial charge in [0.1, 0.15) is 0 Å². The summed E-state index contributed by atoms with van der Waals surface area (Å²) in [6.07, 6.45) is 4.10. The molecule has 23 heavy (non-hydrogen) atoms. The summed E-state index contributed by atoms with van der Waals surface area (Å²) < 4.78 is 1.84. The SMILES string of the molecule is CCC(Sc1nccn1C)C(=O)Nc1ccc(Cl)c(C(=O)O)c1. The van der Waals surface area contributed by atoms with Crippen molar-refractivity contribution in [2.45, 2.75) is 23.8 Å². The topological polar surface area (TPSA) is 84.2 Å². The Bertz CT molecular complexity index is 733. The molecule has 1 heterocycles. The van der Waals surface area contributed by atoms with Crippen LogP contribution >= 0.6 is 23.4 Å². The molecule has 1 aromatic carbocycles. The van der Waals surface area contributed by atoms with Gasteiger partial charge < -0.3 is 15.0 Å². The Labute approximate surface area is 142 Å². The number of aromatic nitrogens is 2. The number of imidazole rings is 1. The second-order valence-electron chi connectivity index (χ2n) is 4.82. The van der Waals surface area contributed by atoms with Crippen LogP contribution in [0.4, 0.5) is 5.69 Å². The fraction of sp³-hybridized carbons (Fsp3) is 0.267. The second kappa shape index (κ2) is 7.52. The van der Waals surface area contributed by atoms with Crippen LogP contribution in [0.1, 0.15) is 23.7 Å². The third-order valence-corrected chi connectivity index (χ3v) is 4.92. The summed E-state index contributed by atoms with van der Waals surface area (Å²) in [5.74, 6) is -1.35. The lowest BCUT2D eigenvalue weighted by atomic mass is 10.2. The average molecular weight is 354 g/mol. The molecule has 8 heteroatoms. The van der Waals surface area contributed by atoms with Gasteiger partial charge in [-0.05, 0) is 24.6 Å². The zero-order chi connectivity index (χ0) is 17.0. The first-order valence-electron chi connectivity index (χ1n) is 6.90. The van der Waals surface area contributed by atoms with E-state index < -0.39 is 5.97 Å². The van der Waals surface area contributed by atoms with Crippen molar-refractivity contribution in [3.63, 3.8) is 0 Å². The number of carbonyl (C=O) groups excluding carboxylic acids is 1. The van der Waals surface area contributed by atoms with E-state index in [-0.39, 0.29) is 21.7 Å². The highest BCUT2D eigenvalue weighted by atomic mass is 35.5. The van der Waals surface area contributed by atoms with Crippen molar-refractivity contribution in [3.05, 3.63) is 41.2 Å². The summed E-state index contributed by atoms with van der Waals surface area (Å²) in [7, 11) is 1.86. The molecule has 2 rings (SSSR count). The molecule has 1 amide bonds. The molecule has 0 bridgehead atoms. The van der Waals surface area contributed by atoms with E-state index in [0.717, 1.165) is 5.16 Å². The number of nitrogens with zero attached hydrogens (tertiary/aromatic N) is 2. The van der Waals surface area contributed by atoms with E-state index in [2.05, 4.69) is 10.3 Å². The summed E-state index contributed by atoms with van der Waals surface area (Å²) in [6.45, 7) is 1.91. The quantitative estimate of drug-likeness (QED) is 0.778. The van der Waals surface area contributed by atoms with E-state index in [1.165, 1.54) is 23.9 Å². The van der Waals surface area contributed by atoms with Crippen molar-refractivity contribution in [2.75, 3.05) is 5.32 Å². The largest absolute Gasteiger partial charge is 0.478 e. The van der Waals surface area contributed by atoms with Crippen LogP contribution in [0.2, 0.25) is 5.02 Å². The summed E-state index contributed by atoms with van der Waals surface area (Å²) in [4.78, 5) is 27.7. The normalized spacial score (nSPS) is 12.0. The number of amides is 1. The highest BCUT2D eigenvalue weighted by molar-refractivity contribution is 8.00. The van der Waals surface area contributed by atoms with Gasteiger partial charge in [0.2, 0.25) is 5.91 Å². The van der Waals surface area contributed by atoms with Crippen LogP contribution in [0.25, 0.3) is 0 Å². The van der Waals surface area contributed by atoms with Crippen molar-refractivity contribution in [1.82, 2.24) is 9.55 Å². The molecular formula is C15H16ClN3O3S. The highest BCUT2D eigenvalue weighted by Crippen LogP contribution is 2.26. The molecule has 0 saturated carbocycles. The molecule has 0 aliphatic heterocycles. The van der Waals surface area contributed by atoms with Crippen LogP contribution in [-0.2, 0) is 11.8 Å². The Hall–Kier alpha value is -1.99. The van der Waals surface area contributed by atoms with Gasteiger partial charge in [0.15, 0.2) is 5.16 Å². The molecule has 122 valence electrons. The lowest BCUT2D eigenvalue weighted by Gasteiger charge is -2.14. The second-order valence-corrected chi connectivity index (χ2v) is 6.40. The highest BCUT2D eigenvalue weighted by Gasteiger charge is 2.20. The third kappa shape index (κ3) is 4.27. The third-order valence-electron chi connectivity index (χ3n) is 3.15. The number of aromatic carboxylic acids is 1. The number of anilines is 1. The van der Waals surface area contributed by atoms with Crippen LogP contribution in [0.15, 0.2) is 35.7 Å². The van der Waals surface area contributed by atoms with Crippen molar-refractivity contribution < 1.29 is 14.7 Å². The van der Waals surface area contributed by atoms with Crippen LogP contribution in [0.5, 0.6) is 0 Å². The number of halogens is 1. The van der Waals surface area contributed by atoms with Crippen LogP contribution in [0.3, 0.4) is 0 Å². The lowest BCUT2D eigenvalue weighted by Crippen LogP contribution is -2.25. The number of benzene rings is 1. The van der Waals surface area contributed by atoms with Gasteiger partial charge in [-0.25, -0.2) is 9.78 Å². The van der Waals surface area contributed by atoms with Crippen LogP contribution in [-0.4, -0.2) is 31.8 Å². The number of carboxylic acid groups (broad SMARTS) is 1. The van der Waals surface area contributed by atoms with Gasteiger partial charge in [-0.2, -0.15) is 0 Å². The minimum Gasteiger partial charge on any atom is -0.478 e. The standard InChI is InChI=1S/C15H16ClN3O3S/c1-3-12(23-15-17-6-7-19(15)2)13(20)18-9-4-5-11(16)10(8-9)14(21)22/h4-8,12H,3H2,1-2H3,(H,18,20)(H,21,22). The van der Waals surface area contributed by atoms with Gasteiger partial charge in [-0.1, -0.05) is 30.3 Å². The van der Waals surface area contributed by atoms with Gasteiger partial charge in [0.05, 0.1) is 15.8 Å². The average Bonchev–Trinajstić information content (AvgIpc) is 2.91. The molecule has 2 aromatic rings. The molecule has 0 saturated heterocycles. The Morgan fingerprint density at radius 3 is 2.78 bits per heavy atom. The van der Waals surface area contributed by atoms with Crippen molar-refractivity contribution in [3.8, 4) is 0 Å². The number of hydrogen-bond donors (Lipinski definition) is 2. The number of hydrogen-bond acceptors (Lipinski definition) is 4. The molecule has 0 radical (unpaired) electrons. The Morgan fingerprint density at radius 1 is 1.48 bits per heavy atom. The van der Waals surface area contributed by atoms with Gasteiger partial charge in [0, 0.05) is 25.1 Å². The van der Waals surface area contributed by atoms with Crippen molar-refractivity contribution in [1.29, 1.82) is 0 Å². The van der Waals surface area contributed by atoms with Crippen LogP contribution in [0, 0.1) is 0 Å². The maximum absolute atomic E-state index is 12.4. The van der Waals surface area contributed by atoms with Crippen molar-refractivity contribution in [2.24, 2.45) is 7.05 Å². The first-order valence-corrected chi connectivity index (χ1v) is 8.15. The summed E-state index contributed by atoms with van der Waals surface area (Å²) in [5.41, 5.74) is 0.352. The summed E-state index contributed by atoms with van der Waals surface area (Å²) >= 11 is 7.18. The van der Waals surface area contributed by atoms with Crippen LogP contribution < -0.4 is 5.32 Å². The smallest absolute Gasteiger partial charge is 0.337 e. The maximum Gasteiger partial charge on any atom is 0.337 e. The molecule has 0 aliphatic rings. The monoisotopic (exact) mass is 353 g/mol. The number of carboxylic acids is 1. The number of thioether (sulfide) groups is 1. The molecule has 2 N–H and O–H groups in total. The van der Waals surface area contributed by atoms with Gasteiger partial charge in [-0.15, -0.1) is 0 Å². The van der Waals surface area contributed by atoms with Gasteiger partial charge in [0.25, 0.3) is 0 Å². The van der Waals surface area contributed by atoms with E-state index in [9.17, 15) is 9.59 Å². The van der Waals surface area contributed by atoms with E-state index in [0.29, 0.717) is 12.1 Å². The molecule has 1 aromatic heterocycles. The molecule has 1 unspecified atom stereocenters. The Balaban J connectivity index is 2.12. The lowest BCUT2D eigenvalue weighted by molar-refractivity contribution is -0.115. The molecule has 0 fully saturated rings. The number of carbonyl (C=O) groups is 2. The molecule has 1 atom stereocenters. The van der Waals surface area contributed by atoms with E-state index in [1.54, 1.807) is 12.3 Å². The molecule has 0 spiro atoms. The number of rotatable bonds is 6. The predicted molar refractivity (Wildman–Crippen MR) is 90.2 cm³/mol. The number of nitrogens with one attached hydrogen (secondary N) is 1. The van der Waals surface area contributed by atoms with Gasteiger partial charge in [-0.3, -0.25) is 4.79 Å². The van der Waals surface area contributed by atoms with Gasteiger partial charge >= 0.3 is 5.97 Å². The molecule has 0 aliphatic carbocycles. The van der Waals surface area contributed by atoms with E-state index >= 15 is 0 Å². The molecular weight excluding hydrogens is 338 g/mol. The van der Waals surface area contributed by atoms with E-state index in [1.807, 2.05) is 24.7 Å². The zero-order valence-corrected chi connectivity index (χ0v) is 14.2. The molecule has 6 nitrogen and oxygen atoms in total. The first-order chi connectivity index (χ1) is 10.9. The summed E-state index contributed by atoms with van der Waals surface area (Å²) in [6, 6.07) is 4.37. The minimum atomic E-state index is -1.14. The Kier molecular flexibility index (Phi) is 5.68. The first kappa shape index (κ1) is 17.4.